The molecule has 0 aromatic carbocycles. The fourth-order valence-corrected chi connectivity index (χ4v) is 1.55. The molecule has 18 heavy (non-hydrogen) atoms. The van der Waals surface area contributed by atoms with Crippen LogP contribution in [0.2, 0.25) is 0 Å². The zero-order valence-corrected chi connectivity index (χ0v) is 11.1. The van der Waals surface area contributed by atoms with E-state index in [-0.39, 0.29) is 5.97 Å². The van der Waals surface area contributed by atoms with Gasteiger partial charge in [0.25, 0.3) is 0 Å². The third-order valence-corrected chi connectivity index (χ3v) is 2.48. The summed E-state index contributed by atoms with van der Waals surface area (Å²) >= 11 is 0. The highest BCUT2D eigenvalue weighted by atomic mass is 16.5. The monoisotopic (exact) mass is 252 g/mol. The van der Waals surface area contributed by atoms with Crippen molar-refractivity contribution in [3.8, 4) is 0 Å². The molecule has 0 spiro atoms. The molecular formula is C12H20N4O2. The summed E-state index contributed by atoms with van der Waals surface area (Å²) in [4.78, 5) is 19.4. The number of rotatable bonds is 7. The van der Waals surface area contributed by atoms with E-state index < -0.39 is 0 Å². The van der Waals surface area contributed by atoms with Crippen LogP contribution >= 0.6 is 0 Å². The Bertz CT molecular complexity index is 396. The third-order valence-electron chi connectivity index (χ3n) is 2.48. The molecule has 0 aliphatic carbocycles. The molecule has 1 heterocycles. The number of nitrogens with zero attached hydrogens (tertiary/aromatic N) is 2. The van der Waals surface area contributed by atoms with Crippen LogP contribution in [0.25, 0.3) is 0 Å². The first-order valence-corrected chi connectivity index (χ1v) is 6.07. The number of carbonyl (C=O) groups excluding carboxylic acids is 1. The van der Waals surface area contributed by atoms with Crippen molar-refractivity contribution in [3.05, 3.63) is 11.9 Å². The summed E-state index contributed by atoms with van der Waals surface area (Å²) in [6, 6.07) is 0. The summed E-state index contributed by atoms with van der Waals surface area (Å²) in [6.45, 7) is 4.86. The third kappa shape index (κ3) is 4.20. The van der Waals surface area contributed by atoms with Gasteiger partial charge in [0.05, 0.1) is 6.61 Å². The zero-order chi connectivity index (χ0) is 13.4. The first-order chi connectivity index (χ1) is 8.69. The number of nitrogens with one attached hydrogen (secondary N) is 2. The number of carbonyl (C=O) groups is 1. The van der Waals surface area contributed by atoms with Crippen LogP contribution in [0.3, 0.4) is 0 Å². The maximum atomic E-state index is 11.1. The SMILES string of the molecule is CCOC(=O)CCCNc1ncnc(NC)c1C. The highest BCUT2D eigenvalue weighted by molar-refractivity contribution is 5.69. The largest absolute Gasteiger partial charge is 0.466 e. The Morgan fingerprint density at radius 2 is 2.11 bits per heavy atom. The lowest BCUT2D eigenvalue weighted by atomic mass is 10.3. The van der Waals surface area contributed by atoms with E-state index in [1.54, 1.807) is 6.92 Å². The van der Waals surface area contributed by atoms with E-state index in [2.05, 4.69) is 20.6 Å². The molecule has 1 aromatic heterocycles. The highest BCUT2D eigenvalue weighted by Crippen LogP contribution is 2.17. The molecule has 6 nitrogen and oxygen atoms in total. The van der Waals surface area contributed by atoms with Crippen LogP contribution < -0.4 is 10.6 Å². The van der Waals surface area contributed by atoms with Crippen molar-refractivity contribution in [1.29, 1.82) is 0 Å². The highest BCUT2D eigenvalue weighted by Gasteiger charge is 2.05. The van der Waals surface area contributed by atoms with Gasteiger partial charge in [-0.1, -0.05) is 0 Å². The van der Waals surface area contributed by atoms with E-state index in [1.165, 1.54) is 6.33 Å². The van der Waals surface area contributed by atoms with Gasteiger partial charge >= 0.3 is 5.97 Å². The molecule has 1 aromatic rings. The Kier molecular flexibility index (Phi) is 5.90. The van der Waals surface area contributed by atoms with E-state index in [0.29, 0.717) is 19.6 Å². The van der Waals surface area contributed by atoms with E-state index in [4.69, 9.17) is 4.74 Å². The minimum Gasteiger partial charge on any atom is -0.466 e. The summed E-state index contributed by atoms with van der Waals surface area (Å²) in [5, 5.41) is 6.18. The Hall–Kier alpha value is -1.85. The van der Waals surface area contributed by atoms with Crippen LogP contribution in [-0.2, 0) is 9.53 Å². The van der Waals surface area contributed by atoms with Gasteiger partial charge in [-0.3, -0.25) is 4.79 Å². The predicted molar refractivity (Wildman–Crippen MR) is 70.7 cm³/mol. The van der Waals surface area contributed by atoms with Crippen LogP contribution in [0, 0.1) is 6.92 Å². The molecule has 100 valence electrons. The normalized spacial score (nSPS) is 9.94. The zero-order valence-electron chi connectivity index (χ0n) is 11.1. The Balaban J connectivity index is 2.38. The van der Waals surface area contributed by atoms with Gasteiger partial charge < -0.3 is 15.4 Å². The van der Waals surface area contributed by atoms with Crippen molar-refractivity contribution in [1.82, 2.24) is 9.97 Å². The molecule has 0 aliphatic rings. The molecule has 0 aliphatic heterocycles. The van der Waals surface area contributed by atoms with Crippen molar-refractivity contribution >= 4 is 17.6 Å². The second kappa shape index (κ2) is 7.47. The molecule has 0 saturated heterocycles. The van der Waals surface area contributed by atoms with Gasteiger partial charge in [-0.05, 0) is 20.3 Å². The Morgan fingerprint density at radius 3 is 2.78 bits per heavy atom. The lowest BCUT2D eigenvalue weighted by Crippen LogP contribution is -2.10. The quantitative estimate of drug-likeness (QED) is 0.567. The van der Waals surface area contributed by atoms with Crippen molar-refractivity contribution in [3.63, 3.8) is 0 Å². The molecule has 0 atom stereocenters. The van der Waals surface area contributed by atoms with Gasteiger partial charge in [-0.2, -0.15) is 0 Å². The van der Waals surface area contributed by atoms with E-state index in [1.807, 2.05) is 14.0 Å². The van der Waals surface area contributed by atoms with Crippen molar-refractivity contribution in [2.45, 2.75) is 26.7 Å². The number of hydrogen-bond acceptors (Lipinski definition) is 6. The fraction of sp³-hybridized carbons (Fsp3) is 0.583. The standard InChI is InChI=1S/C12H20N4O2/c1-4-18-10(17)6-5-7-14-12-9(2)11(13-3)15-8-16-12/h8H,4-7H2,1-3H3,(H2,13,14,15,16). The number of ether oxygens (including phenoxy) is 1. The minimum absolute atomic E-state index is 0.158. The van der Waals surface area contributed by atoms with Crippen LogP contribution in [-0.4, -0.2) is 36.1 Å². The number of esters is 1. The van der Waals surface area contributed by atoms with Gasteiger partial charge in [-0.15, -0.1) is 0 Å². The Morgan fingerprint density at radius 1 is 1.39 bits per heavy atom. The predicted octanol–water partition coefficient (Wildman–Crippen LogP) is 1.58. The maximum absolute atomic E-state index is 11.1. The van der Waals surface area contributed by atoms with Gasteiger partial charge in [-0.25, -0.2) is 9.97 Å². The lowest BCUT2D eigenvalue weighted by molar-refractivity contribution is -0.143. The van der Waals surface area contributed by atoms with E-state index >= 15 is 0 Å². The van der Waals surface area contributed by atoms with Gasteiger partial charge in [0.15, 0.2) is 0 Å². The minimum atomic E-state index is -0.158. The smallest absolute Gasteiger partial charge is 0.305 e. The van der Waals surface area contributed by atoms with Crippen LogP contribution in [0.5, 0.6) is 0 Å². The molecule has 0 amide bonds. The average Bonchev–Trinajstić information content (AvgIpc) is 2.36. The number of hydrogen-bond donors (Lipinski definition) is 2. The first-order valence-electron chi connectivity index (χ1n) is 6.07. The molecule has 6 heteroatoms. The molecule has 0 bridgehead atoms. The summed E-state index contributed by atoms with van der Waals surface area (Å²) in [6.07, 6.45) is 2.65. The fourth-order valence-electron chi connectivity index (χ4n) is 1.55. The van der Waals surface area contributed by atoms with Crippen LogP contribution in [0.15, 0.2) is 6.33 Å². The molecule has 0 fully saturated rings. The maximum Gasteiger partial charge on any atom is 0.305 e. The topological polar surface area (TPSA) is 76.1 Å². The summed E-state index contributed by atoms with van der Waals surface area (Å²) in [5.74, 6) is 1.44. The van der Waals surface area contributed by atoms with Crippen molar-refractivity contribution in [2.75, 3.05) is 30.8 Å². The molecule has 2 N–H and O–H groups in total. The second-order valence-corrected chi connectivity index (χ2v) is 3.78. The molecule has 0 unspecified atom stereocenters. The molecule has 0 saturated carbocycles. The summed E-state index contributed by atoms with van der Waals surface area (Å²) in [5.41, 5.74) is 0.969. The van der Waals surface area contributed by atoms with Gasteiger partial charge in [0, 0.05) is 25.6 Å². The van der Waals surface area contributed by atoms with E-state index in [9.17, 15) is 4.79 Å². The first kappa shape index (κ1) is 14.2. The molecule has 1 rings (SSSR count). The van der Waals surface area contributed by atoms with Crippen LogP contribution in [0.4, 0.5) is 11.6 Å². The van der Waals surface area contributed by atoms with E-state index in [0.717, 1.165) is 23.6 Å². The summed E-state index contributed by atoms with van der Waals surface area (Å²) < 4.78 is 4.85. The molecule has 0 radical (unpaired) electrons. The van der Waals surface area contributed by atoms with Crippen molar-refractivity contribution < 1.29 is 9.53 Å². The van der Waals surface area contributed by atoms with Crippen molar-refractivity contribution in [2.24, 2.45) is 0 Å². The number of aromatic nitrogens is 2. The average molecular weight is 252 g/mol. The van der Waals surface area contributed by atoms with Gasteiger partial charge in [0.1, 0.15) is 18.0 Å². The molecular weight excluding hydrogens is 232 g/mol. The Labute approximate surface area is 107 Å². The second-order valence-electron chi connectivity index (χ2n) is 3.78. The van der Waals surface area contributed by atoms with Crippen LogP contribution in [0.1, 0.15) is 25.3 Å². The van der Waals surface area contributed by atoms with Gasteiger partial charge in [0.2, 0.25) is 0 Å². The summed E-state index contributed by atoms with van der Waals surface area (Å²) in [7, 11) is 1.82. The lowest BCUT2D eigenvalue weighted by Gasteiger charge is -2.10. The number of anilines is 2.